The minimum absolute atomic E-state index is 0.750. The van der Waals surface area contributed by atoms with Crippen LogP contribution in [0.15, 0.2) is 18.5 Å². The van der Waals surface area contributed by atoms with Crippen molar-refractivity contribution in [2.75, 3.05) is 0 Å². The van der Waals surface area contributed by atoms with Gasteiger partial charge in [0.05, 0.1) is 6.20 Å². The molecule has 0 atom stereocenters. The fraction of sp³-hybridized carbons (Fsp3) is 0. The van der Waals surface area contributed by atoms with E-state index in [-0.39, 0.29) is 0 Å². The highest BCUT2D eigenvalue weighted by atomic mass is 15.3. The normalized spacial score (nSPS) is 8.00. The molecule has 0 fully saturated rings. The third kappa shape index (κ3) is 0.832. The van der Waals surface area contributed by atoms with Crippen LogP contribution in [0.1, 0.15) is 5.69 Å². The SMILES string of the molecule is C=C=Cc1c[nH]nn1. The third-order valence-electron chi connectivity index (χ3n) is 0.686. The van der Waals surface area contributed by atoms with Gasteiger partial charge in [-0.1, -0.05) is 11.8 Å². The maximum Gasteiger partial charge on any atom is 0.113 e. The van der Waals surface area contributed by atoms with Crippen LogP contribution in [0.3, 0.4) is 0 Å². The van der Waals surface area contributed by atoms with E-state index in [1.807, 2.05) is 0 Å². The number of rotatable bonds is 1. The summed E-state index contributed by atoms with van der Waals surface area (Å²) < 4.78 is 0. The third-order valence-corrected chi connectivity index (χ3v) is 0.686. The van der Waals surface area contributed by atoms with E-state index in [1.54, 1.807) is 12.3 Å². The summed E-state index contributed by atoms with van der Waals surface area (Å²) in [7, 11) is 0. The van der Waals surface area contributed by atoms with Gasteiger partial charge in [-0.2, -0.15) is 0 Å². The summed E-state index contributed by atoms with van der Waals surface area (Å²) in [6.45, 7) is 3.37. The lowest BCUT2D eigenvalue weighted by Crippen LogP contribution is -1.67. The molecule has 0 unspecified atom stereocenters. The van der Waals surface area contributed by atoms with E-state index in [1.165, 1.54) is 0 Å². The van der Waals surface area contributed by atoms with Crippen LogP contribution >= 0.6 is 0 Å². The van der Waals surface area contributed by atoms with E-state index in [9.17, 15) is 0 Å². The largest absolute Gasteiger partial charge is 0.265 e. The summed E-state index contributed by atoms with van der Waals surface area (Å²) in [5.74, 6) is 0. The Bertz CT molecular complexity index is 193. The van der Waals surface area contributed by atoms with Crippen molar-refractivity contribution in [2.24, 2.45) is 0 Å². The lowest BCUT2D eigenvalue weighted by Gasteiger charge is -1.67. The van der Waals surface area contributed by atoms with Gasteiger partial charge in [0.25, 0.3) is 0 Å². The molecule has 1 heterocycles. The Labute approximate surface area is 46.7 Å². The van der Waals surface area contributed by atoms with Gasteiger partial charge in [0, 0.05) is 6.08 Å². The van der Waals surface area contributed by atoms with E-state index < -0.39 is 0 Å². The molecule has 1 rings (SSSR count). The molecule has 0 saturated carbocycles. The van der Waals surface area contributed by atoms with Crippen molar-refractivity contribution in [3.8, 4) is 0 Å². The number of H-pyrrole nitrogens is 1. The zero-order valence-corrected chi connectivity index (χ0v) is 4.26. The van der Waals surface area contributed by atoms with Crippen molar-refractivity contribution < 1.29 is 0 Å². The molecule has 0 saturated heterocycles. The molecule has 0 spiro atoms. The summed E-state index contributed by atoms with van der Waals surface area (Å²) in [5.41, 5.74) is 3.32. The van der Waals surface area contributed by atoms with Gasteiger partial charge in [-0.15, -0.1) is 10.8 Å². The van der Waals surface area contributed by atoms with Gasteiger partial charge in [-0.05, 0) is 0 Å². The highest BCUT2D eigenvalue weighted by Crippen LogP contribution is 1.87. The highest BCUT2D eigenvalue weighted by molar-refractivity contribution is 5.40. The van der Waals surface area contributed by atoms with Gasteiger partial charge >= 0.3 is 0 Å². The predicted molar refractivity (Wildman–Crippen MR) is 30.0 cm³/mol. The first-order valence-electron chi connectivity index (χ1n) is 2.16. The van der Waals surface area contributed by atoms with Crippen molar-refractivity contribution in [2.45, 2.75) is 0 Å². The molecule has 1 aromatic heterocycles. The number of aromatic nitrogens is 3. The summed E-state index contributed by atoms with van der Waals surface area (Å²) in [6.07, 6.45) is 3.31. The molecular formula is C5H5N3. The number of hydrogen-bond acceptors (Lipinski definition) is 2. The lowest BCUT2D eigenvalue weighted by molar-refractivity contribution is 0.937. The van der Waals surface area contributed by atoms with Crippen LogP contribution < -0.4 is 0 Å². The van der Waals surface area contributed by atoms with Crippen LogP contribution in [0.5, 0.6) is 0 Å². The predicted octanol–water partition coefficient (Wildman–Crippen LogP) is 0.603. The maximum absolute atomic E-state index is 3.64. The molecule has 8 heavy (non-hydrogen) atoms. The molecule has 3 nitrogen and oxygen atoms in total. The van der Waals surface area contributed by atoms with Crippen molar-refractivity contribution >= 4 is 6.08 Å². The van der Waals surface area contributed by atoms with Gasteiger partial charge in [-0.3, -0.25) is 5.10 Å². The first kappa shape index (κ1) is 4.81. The van der Waals surface area contributed by atoms with Crippen molar-refractivity contribution in [1.29, 1.82) is 0 Å². The zero-order chi connectivity index (χ0) is 5.82. The van der Waals surface area contributed by atoms with Crippen LogP contribution in [-0.2, 0) is 0 Å². The van der Waals surface area contributed by atoms with Gasteiger partial charge in [0.2, 0.25) is 0 Å². The first-order chi connectivity index (χ1) is 3.93. The molecule has 1 aromatic rings. The van der Waals surface area contributed by atoms with E-state index in [0.29, 0.717) is 0 Å². The molecule has 1 N–H and O–H groups in total. The molecule has 0 radical (unpaired) electrons. The molecule has 0 aromatic carbocycles. The minimum atomic E-state index is 0.750. The molecular weight excluding hydrogens is 102 g/mol. The first-order valence-corrected chi connectivity index (χ1v) is 2.16. The Morgan fingerprint density at radius 2 is 2.75 bits per heavy atom. The monoisotopic (exact) mass is 107 g/mol. The van der Waals surface area contributed by atoms with Gasteiger partial charge in [-0.25, -0.2) is 0 Å². The molecule has 3 heteroatoms. The number of nitrogens with one attached hydrogen (secondary N) is 1. The van der Waals surface area contributed by atoms with Crippen LogP contribution in [0, 0.1) is 0 Å². The van der Waals surface area contributed by atoms with Crippen LogP contribution in [0.2, 0.25) is 0 Å². The minimum Gasteiger partial charge on any atom is -0.265 e. The number of nitrogens with zero attached hydrogens (tertiary/aromatic N) is 2. The second-order valence-corrected chi connectivity index (χ2v) is 1.25. The quantitative estimate of drug-likeness (QED) is 0.534. The highest BCUT2D eigenvalue weighted by Gasteiger charge is 1.82. The maximum atomic E-state index is 3.64. The Hall–Kier alpha value is -1.34. The topological polar surface area (TPSA) is 41.6 Å². The van der Waals surface area contributed by atoms with E-state index >= 15 is 0 Å². The zero-order valence-electron chi connectivity index (χ0n) is 4.26. The van der Waals surface area contributed by atoms with E-state index in [2.05, 4.69) is 27.7 Å². The molecule has 0 amide bonds. The summed E-state index contributed by atoms with van der Waals surface area (Å²) in [6, 6.07) is 0. The van der Waals surface area contributed by atoms with Crippen LogP contribution in [0.25, 0.3) is 6.08 Å². The van der Waals surface area contributed by atoms with E-state index in [4.69, 9.17) is 0 Å². The van der Waals surface area contributed by atoms with E-state index in [0.717, 1.165) is 5.69 Å². The Morgan fingerprint density at radius 3 is 3.25 bits per heavy atom. The van der Waals surface area contributed by atoms with Crippen LogP contribution in [-0.4, -0.2) is 15.4 Å². The van der Waals surface area contributed by atoms with Gasteiger partial charge in [0.1, 0.15) is 5.69 Å². The van der Waals surface area contributed by atoms with Crippen molar-refractivity contribution in [3.05, 3.63) is 24.2 Å². The average molecular weight is 107 g/mol. The fourth-order valence-electron chi connectivity index (χ4n) is 0.386. The Balaban J connectivity index is 2.93. The molecule has 0 bridgehead atoms. The molecule has 0 aliphatic rings. The molecule has 0 aliphatic heterocycles. The number of hydrogen-bond donors (Lipinski definition) is 1. The summed E-state index contributed by atoms with van der Waals surface area (Å²) in [5, 5.41) is 9.66. The smallest absolute Gasteiger partial charge is 0.113 e. The molecule has 40 valence electrons. The second-order valence-electron chi connectivity index (χ2n) is 1.25. The fourth-order valence-corrected chi connectivity index (χ4v) is 0.386. The molecule has 0 aliphatic carbocycles. The van der Waals surface area contributed by atoms with Gasteiger partial charge < -0.3 is 0 Å². The summed E-state index contributed by atoms with van der Waals surface area (Å²) in [4.78, 5) is 0. The average Bonchev–Trinajstić information content (AvgIpc) is 2.19. The van der Waals surface area contributed by atoms with Crippen LogP contribution in [0.4, 0.5) is 0 Å². The van der Waals surface area contributed by atoms with Crippen molar-refractivity contribution in [1.82, 2.24) is 15.4 Å². The van der Waals surface area contributed by atoms with Gasteiger partial charge in [0.15, 0.2) is 0 Å². The Kier molecular flexibility index (Phi) is 1.26. The van der Waals surface area contributed by atoms with Crippen molar-refractivity contribution in [3.63, 3.8) is 0 Å². The lowest BCUT2D eigenvalue weighted by atomic mass is 10.5. The summed E-state index contributed by atoms with van der Waals surface area (Å²) >= 11 is 0. The second kappa shape index (κ2) is 2.09. The number of aromatic amines is 1. The standard InChI is InChI=1S/C5H5N3/c1-2-3-5-4-6-8-7-5/h3-4H,1H2,(H,6,7,8). The Morgan fingerprint density at radius 1 is 1.88 bits per heavy atom.